The second-order valence-electron chi connectivity index (χ2n) is 5.17. The van der Waals surface area contributed by atoms with Gasteiger partial charge in [-0.05, 0) is 26.0 Å². The lowest BCUT2D eigenvalue weighted by atomic mass is 10.3. The van der Waals surface area contributed by atoms with E-state index < -0.39 is 10.0 Å². The van der Waals surface area contributed by atoms with Gasteiger partial charge in [0.25, 0.3) is 10.0 Å². The Kier molecular flexibility index (Phi) is 3.69. The van der Waals surface area contributed by atoms with E-state index in [4.69, 9.17) is 9.47 Å². The third-order valence-electron chi connectivity index (χ3n) is 3.22. The van der Waals surface area contributed by atoms with Gasteiger partial charge in [0.1, 0.15) is 19.0 Å². The highest BCUT2D eigenvalue weighted by Crippen LogP contribution is 2.32. The molecule has 2 heterocycles. The Balaban J connectivity index is 1.91. The predicted molar refractivity (Wildman–Crippen MR) is 80.9 cm³/mol. The first-order chi connectivity index (χ1) is 10.5. The highest BCUT2D eigenvalue weighted by atomic mass is 32.2. The van der Waals surface area contributed by atoms with Crippen LogP contribution in [-0.4, -0.2) is 31.4 Å². The molecule has 118 valence electrons. The Morgan fingerprint density at radius 2 is 1.91 bits per heavy atom. The number of aromatic nitrogens is 2. The molecule has 0 amide bonds. The molecule has 0 unspecified atom stereocenters. The molecule has 22 heavy (non-hydrogen) atoms. The minimum Gasteiger partial charge on any atom is -0.486 e. The molecular weight excluding hydrogens is 306 g/mol. The van der Waals surface area contributed by atoms with Crippen LogP contribution in [0.4, 0.5) is 5.82 Å². The maximum absolute atomic E-state index is 12.5. The summed E-state index contributed by atoms with van der Waals surface area (Å²) in [6, 6.07) is 6.23. The Morgan fingerprint density at radius 3 is 2.64 bits per heavy atom. The van der Waals surface area contributed by atoms with Crippen molar-refractivity contribution in [1.29, 1.82) is 0 Å². The van der Waals surface area contributed by atoms with E-state index in [1.165, 1.54) is 12.1 Å². The average Bonchev–Trinajstić information content (AvgIpc) is 2.94. The minimum absolute atomic E-state index is 0.0490. The van der Waals surface area contributed by atoms with Gasteiger partial charge in [-0.3, -0.25) is 4.72 Å². The van der Waals surface area contributed by atoms with Crippen molar-refractivity contribution in [1.82, 2.24) is 9.78 Å². The second kappa shape index (κ2) is 5.53. The standard InChI is InChI=1S/C14H17N3O4S/c1-10(2)17-14(5-6-15-17)16-22(18,19)11-3-4-12-13(9-11)21-8-7-20-12/h3-6,9-10,16H,7-8H2,1-2H3. The van der Waals surface area contributed by atoms with Crippen molar-refractivity contribution >= 4 is 15.8 Å². The minimum atomic E-state index is -3.72. The summed E-state index contributed by atoms with van der Waals surface area (Å²) in [6.07, 6.45) is 1.56. The fourth-order valence-electron chi connectivity index (χ4n) is 2.19. The van der Waals surface area contributed by atoms with Crippen LogP contribution in [-0.2, 0) is 10.0 Å². The first kappa shape index (κ1) is 14.7. The van der Waals surface area contributed by atoms with Crippen LogP contribution in [0, 0.1) is 0 Å². The lowest BCUT2D eigenvalue weighted by molar-refractivity contribution is 0.171. The summed E-state index contributed by atoms with van der Waals surface area (Å²) in [4.78, 5) is 0.119. The van der Waals surface area contributed by atoms with Crippen molar-refractivity contribution in [3.8, 4) is 11.5 Å². The number of benzene rings is 1. The van der Waals surface area contributed by atoms with E-state index in [2.05, 4.69) is 9.82 Å². The van der Waals surface area contributed by atoms with E-state index in [0.29, 0.717) is 30.5 Å². The summed E-state index contributed by atoms with van der Waals surface area (Å²) in [6.45, 7) is 4.72. The molecule has 0 radical (unpaired) electrons. The number of fused-ring (bicyclic) bond motifs is 1. The summed E-state index contributed by atoms with van der Waals surface area (Å²) in [5, 5.41) is 4.11. The molecule has 0 saturated heterocycles. The molecule has 0 fully saturated rings. The van der Waals surface area contributed by atoms with Crippen molar-refractivity contribution in [2.24, 2.45) is 0 Å². The summed E-state index contributed by atoms with van der Waals surface area (Å²) >= 11 is 0. The van der Waals surface area contributed by atoms with Crippen molar-refractivity contribution < 1.29 is 17.9 Å². The van der Waals surface area contributed by atoms with Crippen LogP contribution < -0.4 is 14.2 Å². The molecule has 2 aromatic rings. The number of nitrogens with one attached hydrogen (secondary N) is 1. The van der Waals surface area contributed by atoms with Gasteiger partial charge in [-0.15, -0.1) is 0 Å². The summed E-state index contributed by atoms with van der Waals surface area (Å²) < 4.78 is 40.0. The van der Waals surface area contributed by atoms with Crippen LogP contribution in [0.1, 0.15) is 19.9 Å². The topological polar surface area (TPSA) is 82.5 Å². The molecule has 8 heteroatoms. The van der Waals surface area contributed by atoms with Gasteiger partial charge in [-0.1, -0.05) is 0 Å². The first-order valence-electron chi connectivity index (χ1n) is 6.93. The molecule has 0 spiro atoms. The van der Waals surface area contributed by atoms with E-state index in [1.807, 2.05) is 13.8 Å². The van der Waals surface area contributed by atoms with Crippen molar-refractivity contribution in [3.63, 3.8) is 0 Å². The number of anilines is 1. The maximum atomic E-state index is 12.5. The fraction of sp³-hybridized carbons (Fsp3) is 0.357. The Bertz CT molecular complexity index is 783. The van der Waals surface area contributed by atoms with Gasteiger partial charge in [-0.2, -0.15) is 5.10 Å². The first-order valence-corrected chi connectivity index (χ1v) is 8.42. The molecule has 0 aliphatic carbocycles. The molecule has 1 aromatic carbocycles. The van der Waals surface area contributed by atoms with E-state index in [0.717, 1.165) is 0 Å². The fourth-order valence-corrected chi connectivity index (χ4v) is 3.26. The smallest absolute Gasteiger partial charge is 0.263 e. The third-order valence-corrected chi connectivity index (χ3v) is 4.57. The van der Waals surface area contributed by atoms with Crippen molar-refractivity contribution in [3.05, 3.63) is 30.5 Å². The molecule has 1 N–H and O–H groups in total. The maximum Gasteiger partial charge on any atom is 0.263 e. The van der Waals surface area contributed by atoms with Crippen LogP contribution in [0.3, 0.4) is 0 Å². The summed E-state index contributed by atoms with van der Waals surface area (Å²) in [5.74, 6) is 1.41. The van der Waals surface area contributed by atoms with Gasteiger partial charge in [0.15, 0.2) is 11.5 Å². The predicted octanol–water partition coefficient (Wildman–Crippen LogP) is 2.04. The van der Waals surface area contributed by atoms with Crippen molar-refractivity contribution in [2.75, 3.05) is 17.9 Å². The Labute approximate surface area is 128 Å². The van der Waals surface area contributed by atoms with Crippen molar-refractivity contribution in [2.45, 2.75) is 24.8 Å². The highest BCUT2D eigenvalue weighted by Gasteiger charge is 2.21. The van der Waals surface area contributed by atoms with Gasteiger partial charge in [0.05, 0.1) is 11.1 Å². The van der Waals surface area contributed by atoms with Crippen LogP contribution >= 0.6 is 0 Å². The number of hydrogen-bond acceptors (Lipinski definition) is 5. The molecule has 7 nitrogen and oxygen atoms in total. The lowest BCUT2D eigenvalue weighted by Crippen LogP contribution is -2.19. The van der Waals surface area contributed by atoms with Crippen LogP contribution in [0.25, 0.3) is 0 Å². The van der Waals surface area contributed by atoms with Gasteiger partial charge in [0, 0.05) is 18.2 Å². The van der Waals surface area contributed by atoms with Crippen LogP contribution in [0.5, 0.6) is 11.5 Å². The largest absolute Gasteiger partial charge is 0.486 e. The van der Waals surface area contributed by atoms with Gasteiger partial charge in [-0.25, -0.2) is 13.1 Å². The number of sulfonamides is 1. The lowest BCUT2D eigenvalue weighted by Gasteiger charge is -2.19. The molecule has 0 saturated carbocycles. The van der Waals surface area contributed by atoms with Gasteiger partial charge >= 0.3 is 0 Å². The normalized spacial score (nSPS) is 14.1. The molecule has 1 aromatic heterocycles. The average molecular weight is 323 g/mol. The van der Waals surface area contributed by atoms with E-state index in [9.17, 15) is 8.42 Å². The Hall–Kier alpha value is -2.22. The number of ether oxygens (including phenoxy) is 2. The molecule has 1 aliphatic heterocycles. The van der Waals surface area contributed by atoms with Crippen LogP contribution in [0.15, 0.2) is 35.4 Å². The SMILES string of the molecule is CC(C)n1nccc1NS(=O)(=O)c1ccc2c(c1)OCCO2. The third kappa shape index (κ3) is 2.74. The van der Waals surface area contributed by atoms with Gasteiger partial charge in [0.2, 0.25) is 0 Å². The quantitative estimate of drug-likeness (QED) is 0.931. The van der Waals surface area contributed by atoms with E-state index in [1.54, 1.807) is 23.0 Å². The number of rotatable bonds is 4. The monoisotopic (exact) mass is 323 g/mol. The molecule has 1 aliphatic rings. The summed E-state index contributed by atoms with van der Waals surface area (Å²) in [7, 11) is -3.72. The van der Waals surface area contributed by atoms with Gasteiger partial charge < -0.3 is 9.47 Å². The summed E-state index contributed by atoms with van der Waals surface area (Å²) in [5.41, 5.74) is 0. The molecule has 0 bridgehead atoms. The molecule has 3 rings (SSSR count). The van der Waals surface area contributed by atoms with E-state index >= 15 is 0 Å². The zero-order valence-electron chi connectivity index (χ0n) is 12.3. The number of hydrogen-bond donors (Lipinski definition) is 1. The highest BCUT2D eigenvalue weighted by molar-refractivity contribution is 7.92. The zero-order valence-corrected chi connectivity index (χ0v) is 13.1. The van der Waals surface area contributed by atoms with Crippen LogP contribution in [0.2, 0.25) is 0 Å². The number of nitrogens with zero attached hydrogens (tertiary/aromatic N) is 2. The zero-order chi connectivity index (χ0) is 15.7. The van der Waals surface area contributed by atoms with E-state index in [-0.39, 0.29) is 10.9 Å². The second-order valence-corrected chi connectivity index (χ2v) is 6.85. The Morgan fingerprint density at radius 1 is 1.18 bits per heavy atom. The molecule has 0 atom stereocenters. The molecular formula is C14H17N3O4S.